The van der Waals surface area contributed by atoms with Crippen LogP contribution in [0, 0.1) is 0 Å². The van der Waals surface area contributed by atoms with Crippen LogP contribution in [0.5, 0.6) is 0 Å². The first kappa shape index (κ1) is 10.3. The van der Waals surface area contributed by atoms with Gasteiger partial charge in [0.25, 0.3) is 0 Å². The molecule has 1 heterocycles. The van der Waals surface area contributed by atoms with Gasteiger partial charge in [-0.15, -0.1) is 0 Å². The van der Waals surface area contributed by atoms with E-state index in [9.17, 15) is 4.79 Å². The summed E-state index contributed by atoms with van der Waals surface area (Å²) in [7, 11) is 0. The van der Waals surface area contributed by atoms with Gasteiger partial charge in [-0.1, -0.05) is 11.6 Å². The SMILES string of the molecule is CC(C)=CCCC(=O)N1CCCC1. The molecule has 2 nitrogen and oxygen atoms in total. The van der Waals surface area contributed by atoms with Gasteiger partial charge in [-0.25, -0.2) is 0 Å². The van der Waals surface area contributed by atoms with Crippen LogP contribution in [0.2, 0.25) is 0 Å². The Morgan fingerprint density at radius 3 is 2.46 bits per heavy atom. The Kier molecular flexibility index (Phi) is 4.00. The maximum absolute atomic E-state index is 11.5. The minimum Gasteiger partial charge on any atom is -0.343 e. The van der Waals surface area contributed by atoms with E-state index in [0.29, 0.717) is 12.3 Å². The molecule has 0 saturated carbocycles. The van der Waals surface area contributed by atoms with Crippen LogP contribution in [0.15, 0.2) is 11.6 Å². The molecule has 0 aromatic heterocycles. The quantitative estimate of drug-likeness (QED) is 0.612. The smallest absolute Gasteiger partial charge is 0.222 e. The van der Waals surface area contributed by atoms with Gasteiger partial charge in [0.1, 0.15) is 0 Å². The van der Waals surface area contributed by atoms with Gasteiger partial charge in [0.2, 0.25) is 5.91 Å². The molecule has 0 aliphatic carbocycles. The van der Waals surface area contributed by atoms with E-state index < -0.39 is 0 Å². The lowest BCUT2D eigenvalue weighted by molar-refractivity contribution is -0.130. The summed E-state index contributed by atoms with van der Waals surface area (Å²) in [6.45, 7) is 6.10. The molecule has 0 atom stereocenters. The minimum atomic E-state index is 0.329. The van der Waals surface area contributed by atoms with Crippen LogP contribution in [-0.2, 0) is 4.79 Å². The van der Waals surface area contributed by atoms with Gasteiger partial charge in [0.05, 0.1) is 0 Å². The number of amides is 1. The monoisotopic (exact) mass is 181 g/mol. The zero-order valence-corrected chi connectivity index (χ0v) is 8.68. The fourth-order valence-electron chi connectivity index (χ4n) is 1.61. The topological polar surface area (TPSA) is 20.3 Å². The second-order valence-electron chi connectivity index (χ2n) is 3.91. The number of hydrogen-bond acceptors (Lipinski definition) is 1. The van der Waals surface area contributed by atoms with E-state index in [1.165, 1.54) is 18.4 Å². The Morgan fingerprint density at radius 2 is 1.92 bits per heavy atom. The van der Waals surface area contributed by atoms with Crippen molar-refractivity contribution in [2.24, 2.45) is 0 Å². The third kappa shape index (κ3) is 3.62. The average Bonchev–Trinajstić information content (AvgIpc) is 2.55. The van der Waals surface area contributed by atoms with Crippen LogP contribution in [0.3, 0.4) is 0 Å². The molecule has 1 saturated heterocycles. The molecule has 1 amide bonds. The molecule has 0 aromatic rings. The summed E-state index contributed by atoms with van der Waals surface area (Å²) in [5.41, 5.74) is 1.30. The maximum Gasteiger partial charge on any atom is 0.222 e. The molecule has 0 radical (unpaired) electrons. The highest BCUT2D eigenvalue weighted by atomic mass is 16.2. The van der Waals surface area contributed by atoms with E-state index in [1.807, 2.05) is 4.90 Å². The van der Waals surface area contributed by atoms with Gasteiger partial charge in [-0.2, -0.15) is 0 Å². The lowest BCUT2D eigenvalue weighted by atomic mass is 10.2. The fourth-order valence-corrected chi connectivity index (χ4v) is 1.61. The van der Waals surface area contributed by atoms with E-state index >= 15 is 0 Å². The van der Waals surface area contributed by atoms with E-state index in [1.54, 1.807) is 0 Å². The highest BCUT2D eigenvalue weighted by molar-refractivity contribution is 5.76. The highest BCUT2D eigenvalue weighted by Gasteiger charge is 2.16. The van der Waals surface area contributed by atoms with Crippen molar-refractivity contribution in [1.82, 2.24) is 4.90 Å². The second-order valence-corrected chi connectivity index (χ2v) is 3.91. The van der Waals surface area contributed by atoms with E-state index in [2.05, 4.69) is 19.9 Å². The largest absolute Gasteiger partial charge is 0.343 e. The van der Waals surface area contributed by atoms with Crippen LogP contribution >= 0.6 is 0 Å². The van der Waals surface area contributed by atoms with Gasteiger partial charge in [-0.3, -0.25) is 4.79 Å². The molecule has 74 valence electrons. The molecule has 1 aliphatic heterocycles. The van der Waals surface area contributed by atoms with Crippen molar-refractivity contribution in [3.05, 3.63) is 11.6 Å². The van der Waals surface area contributed by atoms with E-state index in [4.69, 9.17) is 0 Å². The predicted octanol–water partition coefficient (Wildman–Crippen LogP) is 2.36. The zero-order valence-electron chi connectivity index (χ0n) is 8.68. The van der Waals surface area contributed by atoms with Crippen molar-refractivity contribution in [2.75, 3.05) is 13.1 Å². The molecule has 0 N–H and O–H groups in total. The van der Waals surface area contributed by atoms with Crippen molar-refractivity contribution in [3.63, 3.8) is 0 Å². The standard InChI is InChI=1S/C11H19NO/c1-10(2)6-5-7-11(13)12-8-3-4-9-12/h6H,3-5,7-9H2,1-2H3. The minimum absolute atomic E-state index is 0.329. The van der Waals surface area contributed by atoms with Crippen molar-refractivity contribution in [2.45, 2.75) is 39.5 Å². The molecule has 0 aromatic carbocycles. The van der Waals surface area contributed by atoms with Gasteiger partial charge in [0.15, 0.2) is 0 Å². The molecule has 13 heavy (non-hydrogen) atoms. The zero-order chi connectivity index (χ0) is 9.68. The first-order valence-electron chi connectivity index (χ1n) is 5.11. The van der Waals surface area contributed by atoms with E-state index in [0.717, 1.165) is 19.5 Å². The lowest BCUT2D eigenvalue weighted by Gasteiger charge is -2.14. The third-order valence-corrected chi connectivity index (χ3v) is 2.37. The number of rotatable bonds is 3. The average molecular weight is 181 g/mol. The summed E-state index contributed by atoms with van der Waals surface area (Å²) >= 11 is 0. The molecule has 0 bridgehead atoms. The van der Waals surface area contributed by atoms with Crippen LogP contribution in [0.4, 0.5) is 0 Å². The number of carbonyl (C=O) groups excluding carboxylic acids is 1. The lowest BCUT2D eigenvalue weighted by Crippen LogP contribution is -2.27. The van der Waals surface area contributed by atoms with Crippen LogP contribution in [-0.4, -0.2) is 23.9 Å². The Hall–Kier alpha value is -0.790. The Balaban J connectivity index is 2.21. The Labute approximate surface area is 80.6 Å². The number of hydrogen-bond donors (Lipinski definition) is 0. The molecule has 2 heteroatoms. The van der Waals surface area contributed by atoms with Gasteiger partial charge < -0.3 is 4.90 Å². The third-order valence-electron chi connectivity index (χ3n) is 2.37. The molecule has 0 spiro atoms. The van der Waals surface area contributed by atoms with Crippen LogP contribution in [0.1, 0.15) is 39.5 Å². The summed E-state index contributed by atoms with van der Waals surface area (Å²) < 4.78 is 0. The van der Waals surface area contributed by atoms with E-state index in [-0.39, 0.29) is 0 Å². The van der Waals surface area contributed by atoms with Crippen LogP contribution in [0.25, 0.3) is 0 Å². The molecule has 0 unspecified atom stereocenters. The van der Waals surface area contributed by atoms with Crippen molar-refractivity contribution in [3.8, 4) is 0 Å². The first-order chi connectivity index (χ1) is 6.20. The summed E-state index contributed by atoms with van der Waals surface area (Å²) in [6.07, 6.45) is 6.10. The van der Waals surface area contributed by atoms with Crippen LogP contribution < -0.4 is 0 Å². The second kappa shape index (κ2) is 5.05. The number of nitrogens with zero attached hydrogens (tertiary/aromatic N) is 1. The number of carbonyl (C=O) groups is 1. The first-order valence-corrected chi connectivity index (χ1v) is 5.11. The Morgan fingerprint density at radius 1 is 1.31 bits per heavy atom. The van der Waals surface area contributed by atoms with Gasteiger partial charge in [-0.05, 0) is 33.1 Å². The number of allylic oxidation sites excluding steroid dienone is 2. The fraction of sp³-hybridized carbons (Fsp3) is 0.727. The van der Waals surface area contributed by atoms with Gasteiger partial charge in [0, 0.05) is 19.5 Å². The Bertz CT molecular complexity index is 198. The summed E-state index contributed by atoms with van der Waals surface area (Å²) in [5.74, 6) is 0.329. The maximum atomic E-state index is 11.5. The van der Waals surface area contributed by atoms with Crippen molar-refractivity contribution < 1.29 is 4.79 Å². The predicted molar refractivity (Wildman–Crippen MR) is 54.5 cm³/mol. The normalized spacial score (nSPS) is 16.0. The molecule has 1 rings (SSSR count). The molecule has 1 fully saturated rings. The van der Waals surface area contributed by atoms with Gasteiger partial charge >= 0.3 is 0 Å². The molecular formula is C11H19NO. The summed E-state index contributed by atoms with van der Waals surface area (Å²) in [6, 6.07) is 0. The van der Waals surface area contributed by atoms with Crippen molar-refractivity contribution >= 4 is 5.91 Å². The number of likely N-dealkylation sites (tertiary alicyclic amines) is 1. The highest BCUT2D eigenvalue weighted by Crippen LogP contribution is 2.10. The van der Waals surface area contributed by atoms with Crippen molar-refractivity contribution in [1.29, 1.82) is 0 Å². The molecule has 1 aliphatic rings. The summed E-state index contributed by atoms with van der Waals surface area (Å²) in [5, 5.41) is 0. The molecular weight excluding hydrogens is 162 g/mol. The summed E-state index contributed by atoms with van der Waals surface area (Å²) in [4.78, 5) is 13.5.